The van der Waals surface area contributed by atoms with Gasteiger partial charge in [-0.15, -0.1) is 0 Å². The third kappa shape index (κ3) is 3.45. The lowest BCUT2D eigenvalue weighted by atomic mass is 9.67. The molecule has 1 N–H and O–H groups in total. The van der Waals surface area contributed by atoms with Gasteiger partial charge >= 0.3 is 5.97 Å². The van der Waals surface area contributed by atoms with Gasteiger partial charge in [0.2, 0.25) is 0 Å². The summed E-state index contributed by atoms with van der Waals surface area (Å²) in [7, 11) is 0. The van der Waals surface area contributed by atoms with Gasteiger partial charge in [-0.1, -0.05) is 6.42 Å². The predicted octanol–water partition coefficient (Wildman–Crippen LogP) is 1.88. The fraction of sp³-hybridized carbons (Fsp3) is 0.778. The fourth-order valence-electron chi connectivity index (χ4n) is 4.47. The molecule has 0 aromatic heterocycles. The van der Waals surface area contributed by atoms with Gasteiger partial charge < -0.3 is 10.1 Å². The molecule has 24 heavy (non-hydrogen) atoms. The molecule has 1 amide bonds. The van der Waals surface area contributed by atoms with E-state index < -0.39 is 11.4 Å². The van der Waals surface area contributed by atoms with Crippen molar-refractivity contribution in [3.05, 3.63) is 0 Å². The zero-order valence-electron chi connectivity index (χ0n) is 13.9. The van der Waals surface area contributed by atoms with Gasteiger partial charge in [-0.05, 0) is 51.4 Å². The maximum absolute atomic E-state index is 12.2. The molecule has 2 bridgehead atoms. The molecule has 3 fully saturated rings. The summed E-state index contributed by atoms with van der Waals surface area (Å²) in [5.41, 5.74) is -0.794. The van der Waals surface area contributed by atoms with E-state index in [-0.39, 0.29) is 30.3 Å². The predicted molar refractivity (Wildman–Crippen MR) is 84.5 cm³/mol. The molecule has 6 nitrogen and oxygen atoms in total. The van der Waals surface area contributed by atoms with Gasteiger partial charge in [-0.3, -0.25) is 14.4 Å². The molecular weight excluding hydrogens is 308 g/mol. The smallest absolute Gasteiger partial charge is 0.309 e. The maximum atomic E-state index is 12.2. The van der Waals surface area contributed by atoms with Gasteiger partial charge in [0, 0.05) is 11.8 Å². The standard InChI is InChI=1S/C18H24N2O4/c19-11-18(6-1-2-7-18)20-15(21)10-24-17(23)14-8-12-4-3-5-13(9-14)16(12)22/h12-14H,1-10H2,(H,20,21). The normalized spacial score (nSPS) is 31.1. The average Bonchev–Trinajstić information content (AvgIpc) is 3.01. The van der Waals surface area contributed by atoms with Gasteiger partial charge in [-0.25, -0.2) is 0 Å². The Kier molecular flexibility index (Phi) is 4.88. The first-order valence-corrected chi connectivity index (χ1v) is 8.95. The molecule has 0 aliphatic heterocycles. The molecule has 0 spiro atoms. The van der Waals surface area contributed by atoms with Crippen LogP contribution in [0.25, 0.3) is 0 Å². The Bertz CT molecular complexity index is 558. The van der Waals surface area contributed by atoms with E-state index in [0.717, 1.165) is 32.1 Å². The lowest BCUT2D eigenvalue weighted by Gasteiger charge is -2.36. The molecular formula is C18H24N2O4. The third-order valence-corrected chi connectivity index (χ3v) is 5.78. The number of nitriles is 1. The highest BCUT2D eigenvalue weighted by atomic mass is 16.5. The molecule has 2 unspecified atom stereocenters. The van der Waals surface area contributed by atoms with Crippen molar-refractivity contribution in [3.8, 4) is 6.07 Å². The Morgan fingerprint density at radius 1 is 1.17 bits per heavy atom. The number of esters is 1. The summed E-state index contributed by atoms with van der Waals surface area (Å²) in [5.74, 6) is -0.790. The highest BCUT2D eigenvalue weighted by molar-refractivity contribution is 5.88. The van der Waals surface area contributed by atoms with Crippen molar-refractivity contribution in [1.82, 2.24) is 5.32 Å². The molecule has 0 aromatic rings. The largest absolute Gasteiger partial charge is 0.455 e. The Balaban J connectivity index is 1.48. The number of nitrogens with one attached hydrogen (secondary N) is 1. The number of carbonyl (C=O) groups is 3. The molecule has 0 heterocycles. The van der Waals surface area contributed by atoms with E-state index in [1.54, 1.807) is 0 Å². The summed E-state index contributed by atoms with van der Waals surface area (Å²) in [6.45, 7) is -0.345. The van der Waals surface area contributed by atoms with Crippen LogP contribution in [0, 0.1) is 29.1 Å². The lowest BCUT2D eigenvalue weighted by Crippen LogP contribution is -2.47. The van der Waals surface area contributed by atoms with E-state index in [0.29, 0.717) is 31.5 Å². The second kappa shape index (κ2) is 6.92. The molecule has 3 rings (SSSR count). The minimum atomic E-state index is -0.794. The number of rotatable bonds is 4. The molecule has 3 aliphatic carbocycles. The first kappa shape index (κ1) is 16.9. The van der Waals surface area contributed by atoms with Crippen LogP contribution in [-0.2, 0) is 19.1 Å². The molecule has 0 saturated heterocycles. The van der Waals surface area contributed by atoms with E-state index in [4.69, 9.17) is 4.74 Å². The van der Waals surface area contributed by atoms with Crippen molar-refractivity contribution in [3.63, 3.8) is 0 Å². The van der Waals surface area contributed by atoms with Crippen molar-refractivity contribution < 1.29 is 19.1 Å². The Morgan fingerprint density at radius 2 is 1.79 bits per heavy atom. The third-order valence-electron chi connectivity index (χ3n) is 5.78. The monoisotopic (exact) mass is 332 g/mol. The van der Waals surface area contributed by atoms with Crippen LogP contribution in [0.4, 0.5) is 0 Å². The van der Waals surface area contributed by atoms with Crippen molar-refractivity contribution in [2.45, 2.75) is 63.3 Å². The summed E-state index contributed by atoms with van der Waals surface area (Å²) in [5, 5.41) is 12.0. The molecule has 130 valence electrons. The van der Waals surface area contributed by atoms with E-state index in [1.165, 1.54) is 0 Å². The summed E-state index contributed by atoms with van der Waals surface area (Å²) < 4.78 is 5.17. The number of Topliss-reactive ketones (excluding diaryl/α,β-unsaturated/α-hetero) is 1. The number of amides is 1. The van der Waals surface area contributed by atoms with Crippen LogP contribution in [-0.4, -0.2) is 29.8 Å². The number of fused-ring (bicyclic) bond motifs is 2. The van der Waals surface area contributed by atoms with E-state index >= 15 is 0 Å². The topological polar surface area (TPSA) is 96.3 Å². The van der Waals surface area contributed by atoms with Crippen molar-refractivity contribution >= 4 is 17.7 Å². The van der Waals surface area contributed by atoms with Gasteiger partial charge in [-0.2, -0.15) is 5.26 Å². The molecule has 2 atom stereocenters. The van der Waals surface area contributed by atoms with Gasteiger partial charge in [0.05, 0.1) is 12.0 Å². The molecule has 3 aliphatic rings. The van der Waals surface area contributed by atoms with Gasteiger partial charge in [0.1, 0.15) is 11.3 Å². The van der Waals surface area contributed by atoms with Crippen LogP contribution in [0.5, 0.6) is 0 Å². The van der Waals surface area contributed by atoms with Crippen LogP contribution < -0.4 is 5.32 Å². The van der Waals surface area contributed by atoms with Crippen LogP contribution in [0.1, 0.15) is 57.8 Å². The first-order valence-electron chi connectivity index (χ1n) is 8.95. The summed E-state index contributed by atoms with van der Waals surface area (Å²) >= 11 is 0. The minimum absolute atomic E-state index is 0.00998. The second-order valence-electron chi connectivity index (χ2n) is 7.45. The molecule has 3 saturated carbocycles. The second-order valence-corrected chi connectivity index (χ2v) is 7.45. The van der Waals surface area contributed by atoms with Crippen LogP contribution >= 0.6 is 0 Å². The Morgan fingerprint density at radius 3 is 2.38 bits per heavy atom. The molecule has 0 aromatic carbocycles. The number of nitrogens with zero attached hydrogens (tertiary/aromatic N) is 1. The zero-order valence-corrected chi connectivity index (χ0v) is 13.9. The SMILES string of the molecule is N#CC1(NC(=O)COC(=O)C2CC3CCCC(C2)C3=O)CCCC1. The maximum Gasteiger partial charge on any atom is 0.309 e. The van der Waals surface area contributed by atoms with Gasteiger partial charge in [0.15, 0.2) is 6.61 Å². The number of carbonyl (C=O) groups excluding carboxylic acids is 3. The highest BCUT2D eigenvalue weighted by Crippen LogP contribution is 2.40. The van der Waals surface area contributed by atoms with Crippen molar-refractivity contribution in [2.24, 2.45) is 17.8 Å². The summed E-state index contributed by atoms with van der Waals surface area (Å²) in [6, 6.07) is 2.18. The highest BCUT2D eigenvalue weighted by Gasteiger charge is 2.42. The summed E-state index contributed by atoms with van der Waals surface area (Å²) in [6.07, 6.45) is 7.04. The van der Waals surface area contributed by atoms with Crippen molar-refractivity contribution in [1.29, 1.82) is 5.26 Å². The average molecular weight is 332 g/mol. The minimum Gasteiger partial charge on any atom is -0.455 e. The van der Waals surface area contributed by atoms with Crippen LogP contribution in [0.15, 0.2) is 0 Å². The Labute approximate surface area is 141 Å². The van der Waals surface area contributed by atoms with Crippen LogP contribution in [0.3, 0.4) is 0 Å². The lowest BCUT2D eigenvalue weighted by molar-refractivity contribution is -0.157. The Hall–Kier alpha value is -1.90. The van der Waals surface area contributed by atoms with E-state index in [9.17, 15) is 19.6 Å². The molecule has 6 heteroatoms. The van der Waals surface area contributed by atoms with E-state index in [1.807, 2.05) is 0 Å². The first-order chi connectivity index (χ1) is 11.5. The zero-order chi connectivity index (χ0) is 17.2. The van der Waals surface area contributed by atoms with Crippen molar-refractivity contribution in [2.75, 3.05) is 6.61 Å². The van der Waals surface area contributed by atoms with Gasteiger partial charge in [0.25, 0.3) is 5.91 Å². The quantitative estimate of drug-likeness (QED) is 0.793. The summed E-state index contributed by atoms with van der Waals surface area (Å²) in [4.78, 5) is 36.3. The van der Waals surface area contributed by atoms with Crippen LogP contribution in [0.2, 0.25) is 0 Å². The number of hydrogen-bond acceptors (Lipinski definition) is 5. The number of hydrogen-bond donors (Lipinski definition) is 1. The number of ether oxygens (including phenoxy) is 1. The fourth-order valence-corrected chi connectivity index (χ4v) is 4.47. The number of ketones is 1. The molecule has 0 radical (unpaired) electrons. The van der Waals surface area contributed by atoms with E-state index in [2.05, 4.69) is 11.4 Å².